The molecule has 1 N–H and O–H groups in total. The predicted octanol–water partition coefficient (Wildman–Crippen LogP) is 2.10. The predicted molar refractivity (Wildman–Crippen MR) is 73.6 cm³/mol. The minimum atomic E-state index is -0.563. The number of carbonyl (C=O) groups is 2. The van der Waals surface area contributed by atoms with Gasteiger partial charge in [0.05, 0.1) is 0 Å². The molecule has 1 heterocycles. The first-order chi connectivity index (χ1) is 9.38. The van der Waals surface area contributed by atoms with Gasteiger partial charge in [-0.25, -0.2) is 4.39 Å². The molecule has 1 aromatic rings. The Morgan fingerprint density at radius 3 is 2.75 bits per heavy atom. The smallest absolute Gasteiger partial charge is 0.245 e. The van der Waals surface area contributed by atoms with Crippen LogP contribution < -0.4 is 5.32 Å². The van der Waals surface area contributed by atoms with Gasteiger partial charge in [0.25, 0.3) is 0 Å². The lowest BCUT2D eigenvalue weighted by atomic mass is 10.1. The Morgan fingerprint density at radius 1 is 1.40 bits per heavy atom. The first-order valence-electron chi connectivity index (χ1n) is 6.42. The molecule has 2 amide bonds. The number of nitrogens with one attached hydrogen (secondary N) is 1. The van der Waals surface area contributed by atoms with Gasteiger partial charge in [0.2, 0.25) is 11.8 Å². The summed E-state index contributed by atoms with van der Waals surface area (Å²) in [6, 6.07) is 3.29. The van der Waals surface area contributed by atoms with Crippen molar-refractivity contribution in [2.45, 2.75) is 38.9 Å². The lowest BCUT2D eigenvalue weighted by Gasteiger charge is -2.28. The van der Waals surface area contributed by atoms with E-state index in [1.54, 1.807) is 17.9 Å². The molecule has 20 heavy (non-hydrogen) atoms. The Kier molecular flexibility index (Phi) is 4.28. The highest BCUT2D eigenvalue weighted by Gasteiger charge is 2.31. The zero-order chi connectivity index (χ0) is 14.9. The second kappa shape index (κ2) is 5.79. The van der Waals surface area contributed by atoms with Crippen LogP contribution in [0, 0.1) is 5.82 Å². The van der Waals surface area contributed by atoms with Gasteiger partial charge in [0.1, 0.15) is 11.9 Å². The average Bonchev–Trinajstić information content (AvgIpc) is 2.44. The number of carbonyl (C=O) groups excluding carboxylic acids is 2. The highest BCUT2D eigenvalue weighted by molar-refractivity contribution is 6.31. The highest BCUT2D eigenvalue weighted by atomic mass is 35.5. The van der Waals surface area contributed by atoms with Crippen LogP contribution in [0.25, 0.3) is 0 Å². The van der Waals surface area contributed by atoms with Crippen LogP contribution in [-0.2, 0) is 16.1 Å². The Balaban J connectivity index is 2.25. The molecule has 0 aliphatic carbocycles. The van der Waals surface area contributed by atoms with Crippen LogP contribution in [0.15, 0.2) is 18.2 Å². The minimum Gasteiger partial charge on any atom is -0.345 e. The van der Waals surface area contributed by atoms with E-state index in [0.717, 1.165) is 0 Å². The van der Waals surface area contributed by atoms with Crippen LogP contribution in [0.3, 0.4) is 0 Å². The van der Waals surface area contributed by atoms with Crippen molar-refractivity contribution in [1.29, 1.82) is 0 Å². The van der Waals surface area contributed by atoms with Crippen LogP contribution >= 0.6 is 11.6 Å². The Bertz CT molecular complexity index is 550. The third-order valence-corrected chi connectivity index (χ3v) is 3.75. The summed E-state index contributed by atoms with van der Waals surface area (Å²) in [5, 5.41) is 2.92. The molecule has 1 fully saturated rings. The van der Waals surface area contributed by atoms with E-state index in [1.807, 2.05) is 6.92 Å². The third kappa shape index (κ3) is 3.10. The maximum absolute atomic E-state index is 13.0. The number of amides is 2. The minimum absolute atomic E-state index is 0.147. The number of benzene rings is 1. The molecule has 2 rings (SSSR count). The van der Waals surface area contributed by atoms with Crippen molar-refractivity contribution in [2.75, 3.05) is 0 Å². The van der Waals surface area contributed by atoms with Crippen molar-refractivity contribution in [2.24, 2.45) is 0 Å². The molecule has 108 valence electrons. The zero-order valence-corrected chi connectivity index (χ0v) is 12.1. The molecule has 0 radical (unpaired) electrons. The molecule has 4 nitrogen and oxygen atoms in total. The largest absolute Gasteiger partial charge is 0.345 e. The number of rotatable bonds is 2. The molecule has 0 spiro atoms. The van der Waals surface area contributed by atoms with Crippen molar-refractivity contribution >= 4 is 23.4 Å². The molecule has 2 unspecified atom stereocenters. The van der Waals surface area contributed by atoms with Gasteiger partial charge in [-0.3, -0.25) is 9.59 Å². The molecule has 1 aromatic carbocycles. The molecule has 2 atom stereocenters. The van der Waals surface area contributed by atoms with Crippen molar-refractivity contribution in [1.82, 2.24) is 10.2 Å². The fourth-order valence-corrected chi connectivity index (χ4v) is 2.50. The van der Waals surface area contributed by atoms with Crippen molar-refractivity contribution in [3.8, 4) is 0 Å². The van der Waals surface area contributed by atoms with E-state index in [-0.39, 0.29) is 35.8 Å². The first kappa shape index (κ1) is 14.8. The molecule has 0 aromatic heterocycles. The Labute approximate surface area is 121 Å². The van der Waals surface area contributed by atoms with E-state index < -0.39 is 11.9 Å². The standard InChI is InChI=1S/C14H16ClFN2O2/c1-8-5-13(19)17-9(2)14(20)18(8)7-10-3-4-11(16)6-12(10)15/h3-4,6,8-9H,5,7H2,1-2H3,(H,17,19). The summed E-state index contributed by atoms with van der Waals surface area (Å²) in [5.41, 5.74) is 0.662. The van der Waals surface area contributed by atoms with Crippen molar-refractivity contribution < 1.29 is 14.0 Å². The summed E-state index contributed by atoms with van der Waals surface area (Å²) in [6.07, 6.45) is 0.245. The second-order valence-corrected chi connectivity index (χ2v) is 5.45. The van der Waals surface area contributed by atoms with Gasteiger partial charge in [0, 0.05) is 24.0 Å². The van der Waals surface area contributed by atoms with E-state index in [2.05, 4.69) is 5.32 Å². The Morgan fingerprint density at radius 2 is 2.10 bits per heavy atom. The van der Waals surface area contributed by atoms with Crippen LogP contribution in [0.5, 0.6) is 0 Å². The molecule has 6 heteroatoms. The summed E-state index contributed by atoms with van der Waals surface area (Å²) in [6.45, 7) is 3.73. The maximum Gasteiger partial charge on any atom is 0.245 e. The van der Waals surface area contributed by atoms with Crippen LogP contribution in [-0.4, -0.2) is 28.8 Å². The lowest BCUT2D eigenvalue weighted by Crippen LogP contribution is -2.44. The SMILES string of the molecule is CC1NC(=O)CC(C)N(Cc2ccc(F)cc2Cl)C1=O. The number of hydrogen-bond acceptors (Lipinski definition) is 2. The molecule has 0 saturated carbocycles. The van der Waals surface area contributed by atoms with E-state index in [0.29, 0.717) is 5.56 Å². The maximum atomic E-state index is 13.0. The zero-order valence-electron chi connectivity index (χ0n) is 11.3. The molecule has 1 saturated heterocycles. The number of hydrogen-bond donors (Lipinski definition) is 1. The number of nitrogens with zero attached hydrogens (tertiary/aromatic N) is 1. The van der Waals surface area contributed by atoms with Crippen molar-refractivity contribution in [3.63, 3.8) is 0 Å². The second-order valence-electron chi connectivity index (χ2n) is 5.04. The van der Waals surface area contributed by atoms with Gasteiger partial charge >= 0.3 is 0 Å². The van der Waals surface area contributed by atoms with Gasteiger partial charge in [-0.2, -0.15) is 0 Å². The van der Waals surface area contributed by atoms with E-state index in [9.17, 15) is 14.0 Å². The summed E-state index contributed by atoms with van der Waals surface area (Å²) < 4.78 is 13.0. The fraction of sp³-hybridized carbons (Fsp3) is 0.429. The quantitative estimate of drug-likeness (QED) is 0.909. The van der Waals surface area contributed by atoms with Gasteiger partial charge in [0.15, 0.2) is 0 Å². The summed E-state index contributed by atoms with van der Waals surface area (Å²) >= 11 is 5.99. The molecule has 1 aliphatic heterocycles. The first-order valence-corrected chi connectivity index (χ1v) is 6.80. The van der Waals surface area contributed by atoms with Crippen LogP contribution in [0.4, 0.5) is 4.39 Å². The van der Waals surface area contributed by atoms with E-state index in [1.165, 1.54) is 12.1 Å². The van der Waals surface area contributed by atoms with E-state index in [4.69, 9.17) is 11.6 Å². The third-order valence-electron chi connectivity index (χ3n) is 3.40. The van der Waals surface area contributed by atoms with Gasteiger partial charge in [-0.1, -0.05) is 17.7 Å². The molecule has 0 bridgehead atoms. The van der Waals surface area contributed by atoms with Crippen LogP contribution in [0.1, 0.15) is 25.8 Å². The monoisotopic (exact) mass is 298 g/mol. The highest BCUT2D eigenvalue weighted by Crippen LogP contribution is 2.22. The summed E-state index contributed by atoms with van der Waals surface area (Å²) in [4.78, 5) is 25.5. The molecular formula is C14H16ClFN2O2. The normalized spacial score (nSPS) is 23.5. The number of halogens is 2. The van der Waals surface area contributed by atoms with Gasteiger partial charge in [-0.05, 0) is 31.5 Å². The van der Waals surface area contributed by atoms with E-state index >= 15 is 0 Å². The van der Waals surface area contributed by atoms with Gasteiger partial charge in [-0.15, -0.1) is 0 Å². The fourth-order valence-electron chi connectivity index (χ4n) is 2.27. The summed E-state index contributed by atoms with van der Waals surface area (Å²) in [7, 11) is 0. The Hall–Kier alpha value is -1.62. The summed E-state index contributed by atoms with van der Waals surface area (Å²) in [5.74, 6) is -0.728. The molecular weight excluding hydrogens is 283 g/mol. The average molecular weight is 299 g/mol. The van der Waals surface area contributed by atoms with Crippen LogP contribution in [0.2, 0.25) is 5.02 Å². The topological polar surface area (TPSA) is 49.4 Å². The lowest BCUT2D eigenvalue weighted by molar-refractivity contribution is -0.135. The van der Waals surface area contributed by atoms with Gasteiger partial charge < -0.3 is 10.2 Å². The van der Waals surface area contributed by atoms with Crippen molar-refractivity contribution in [3.05, 3.63) is 34.6 Å². The molecule has 1 aliphatic rings.